The molecule has 121 heavy (non-hydrogen) atoms. The number of amides is 16. The SMILES string of the molecule is NCCCC[C@H](NC(=O)CNC(=O)CNC(=O)CNC(=O)CNC(=O)CNC(=O)[C@@H]1CS[C@H]2c3ccc(Br)cc3C(=O)N12)C(=O)N[C@@H](CCCCN)C(=O)N[C@@H](CCCN=C(N)N)C(=O)N1CCC[C@H]1C(=O)N1C[C@H](O)C[C@H]1C(=O)NCC(=O)N[C@H](C(=O)N[C@@H](CO)C(=O)N1Cc2ccccc2C[C@@H]1C(=O)N[C@H](C(=O)O)C1CCCC1)C1CCCC1. The van der Waals surface area contributed by atoms with Crippen molar-refractivity contribution in [3.8, 4) is 0 Å². The normalized spacial score (nSPS) is 20.6. The average Bonchev–Trinajstić information content (AvgIpc) is 1.60. The first-order chi connectivity index (χ1) is 58.0. The van der Waals surface area contributed by atoms with E-state index in [-0.39, 0.29) is 120 Å². The minimum Gasteiger partial charge on any atom is -0.480 e. The van der Waals surface area contributed by atoms with E-state index in [1.54, 1.807) is 36.4 Å². The van der Waals surface area contributed by atoms with Gasteiger partial charge in [-0.15, -0.1) is 11.8 Å². The van der Waals surface area contributed by atoms with Gasteiger partial charge in [0.15, 0.2) is 5.96 Å². The van der Waals surface area contributed by atoms with Gasteiger partial charge < -0.3 is 122 Å². The summed E-state index contributed by atoms with van der Waals surface area (Å²) in [6.45, 7) is -4.77. The number of hydrogen-bond acceptors (Lipinski definition) is 23. The molecule has 2 aliphatic carbocycles. The van der Waals surface area contributed by atoms with Crippen molar-refractivity contribution in [2.45, 2.75) is 207 Å². The third kappa shape index (κ3) is 26.2. The maximum atomic E-state index is 15.0. The molecule has 2 aromatic carbocycles. The van der Waals surface area contributed by atoms with Gasteiger partial charge in [0.05, 0.1) is 52.0 Å². The van der Waals surface area contributed by atoms with Gasteiger partial charge in [-0.05, 0) is 144 Å². The number of aliphatic carboxylic acids is 1. The summed E-state index contributed by atoms with van der Waals surface area (Å²) in [5.41, 5.74) is 25.6. The second-order valence-electron chi connectivity index (χ2n) is 31.2. The zero-order valence-electron chi connectivity index (χ0n) is 67.3. The summed E-state index contributed by atoms with van der Waals surface area (Å²) in [7, 11) is 0. The molecule has 0 spiro atoms. The Kier molecular flexibility index (Phi) is 35.7. The number of nitrogens with zero attached hydrogens (tertiary/aromatic N) is 5. The monoisotopic (exact) mass is 1770 g/mol. The number of nitrogens with two attached hydrogens (primary N) is 4. The molecule has 9 rings (SSSR count). The van der Waals surface area contributed by atoms with Crippen molar-refractivity contribution in [3.05, 3.63) is 69.2 Å². The van der Waals surface area contributed by atoms with E-state index in [4.69, 9.17) is 22.9 Å². The number of benzene rings is 2. The second kappa shape index (κ2) is 45.9. The molecule has 5 heterocycles. The van der Waals surface area contributed by atoms with Crippen molar-refractivity contribution in [1.82, 2.24) is 83.4 Å². The van der Waals surface area contributed by atoms with Crippen LogP contribution in [0, 0.1) is 11.8 Å². The molecule has 41 nitrogen and oxygen atoms in total. The van der Waals surface area contributed by atoms with Crippen LogP contribution in [-0.4, -0.2) is 292 Å². The minimum atomic E-state index is -1.62. The molecule has 23 N–H and O–H groups in total. The van der Waals surface area contributed by atoms with Gasteiger partial charge in [-0.3, -0.25) is 81.7 Å². The number of unbranched alkanes of at least 4 members (excludes halogenated alkanes) is 2. The van der Waals surface area contributed by atoms with Crippen molar-refractivity contribution in [3.63, 3.8) is 0 Å². The number of fused-ring (bicyclic) bond motifs is 4. The maximum absolute atomic E-state index is 15.0. The number of aliphatic imine (C=N–C) groups is 1. The first kappa shape index (κ1) is 94.2. The molecule has 16 amide bonds. The zero-order valence-corrected chi connectivity index (χ0v) is 69.7. The standard InChI is InChI=1S/C78H112BrN21O20S/c79-46-23-24-48-49(30-46)72(115)100-57(41-121-76(48)100)69(112)89-35-61(106)87-33-59(104)85-32-58(103)86-34-60(105)88-36-62(107)91-50(19-7-9-25-80)66(109)92-51(20-8-10-26-81)67(110)93-52(21-11-27-84-78(82)83)73(116)97-28-12-22-54(97)75(118)99-39-47(102)31-56(99)68(111)90-37-63(108)95-64(42-13-1-2-14-42)71(114)94-53(40-101)74(117)98-38-45-18-6-5-17-44(45)29-55(98)70(113)96-65(77(119)120)43-15-3-4-16-43/h5-6,17-18,23-24,30,42-43,47,50-57,64-65,76,101-102H,1-4,7-16,19-22,25-29,31-41,80-81H2,(H,85,104)(H,86,103)(H,87,106)(H,88,105)(H,89,112)(H,90,111)(H,91,107)(H,92,109)(H,93,110)(H,94,114)(H,95,108)(H,96,113)(H,119,120)(H4,82,83,84)/t47-,50+,51+,52+,53+,54+,55-,56+,57+,64+,65+,76+/m1/s1. The summed E-state index contributed by atoms with van der Waals surface area (Å²) < 4.78 is 0.710. The summed E-state index contributed by atoms with van der Waals surface area (Å²) >= 11 is 4.78. The predicted octanol–water partition coefficient (Wildman–Crippen LogP) is -5.70. The number of carboxylic acid groups (broad SMARTS) is 1. The molecular formula is C78H112BrN21O20S. The molecule has 43 heteroatoms. The fraction of sp³-hybridized carbons (Fsp3) is 0.615. The number of carboxylic acids is 1. The lowest BCUT2D eigenvalue weighted by Crippen LogP contribution is -2.62. The Morgan fingerprint density at radius 3 is 1.64 bits per heavy atom. The largest absolute Gasteiger partial charge is 0.480 e. The van der Waals surface area contributed by atoms with Crippen LogP contribution in [-0.2, 0) is 89.7 Å². The van der Waals surface area contributed by atoms with Gasteiger partial charge in [0, 0.05) is 54.8 Å². The van der Waals surface area contributed by atoms with E-state index in [1.807, 2.05) is 6.07 Å². The summed E-state index contributed by atoms with van der Waals surface area (Å²) in [6.07, 6.45) is 5.43. The first-order valence-corrected chi connectivity index (χ1v) is 42.9. The van der Waals surface area contributed by atoms with Crippen molar-refractivity contribution in [1.29, 1.82) is 0 Å². The number of halogens is 1. The van der Waals surface area contributed by atoms with Crippen molar-refractivity contribution in [2.75, 3.05) is 84.4 Å². The van der Waals surface area contributed by atoms with E-state index >= 15 is 0 Å². The van der Waals surface area contributed by atoms with Crippen molar-refractivity contribution >= 4 is 134 Å². The molecule has 3 saturated heterocycles. The van der Waals surface area contributed by atoms with Crippen LogP contribution in [0.15, 0.2) is 51.9 Å². The number of nitrogens with one attached hydrogen (secondary N) is 12. The summed E-state index contributed by atoms with van der Waals surface area (Å²) in [5.74, 6) is -14.1. The highest BCUT2D eigenvalue weighted by atomic mass is 79.9. The van der Waals surface area contributed by atoms with Crippen LogP contribution < -0.4 is 86.7 Å². The lowest BCUT2D eigenvalue weighted by molar-refractivity contribution is -0.148. The van der Waals surface area contributed by atoms with Gasteiger partial charge >= 0.3 is 5.97 Å². The molecule has 7 aliphatic rings. The lowest BCUT2D eigenvalue weighted by Gasteiger charge is -2.38. The van der Waals surface area contributed by atoms with E-state index in [0.29, 0.717) is 79.1 Å². The summed E-state index contributed by atoms with van der Waals surface area (Å²) in [4.78, 5) is 242. The van der Waals surface area contributed by atoms with Crippen molar-refractivity contribution < 1.29 is 96.8 Å². The van der Waals surface area contributed by atoms with Gasteiger partial charge in [0.1, 0.15) is 65.8 Å². The number of likely N-dealkylation sites (tertiary alicyclic amines) is 2. The van der Waals surface area contributed by atoms with E-state index in [2.05, 4.69) is 84.7 Å². The molecule has 0 bridgehead atoms. The highest BCUT2D eigenvalue weighted by Gasteiger charge is 2.50. The Bertz CT molecular complexity index is 4170. The van der Waals surface area contributed by atoms with Gasteiger partial charge in [-0.2, -0.15) is 0 Å². The number of carbonyl (C=O) groups excluding carboxylic acids is 16. The van der Waals surface area contributed by atoms with Crippen LogP contribution in [0.4, 0.5) is 0 Å². The van der Waals surface area contributed by atoms with Crippen LogP contribution in [0.1, 0.15) is 154 Å². The van der Waals surface area contributed by atoms with E-state index in [1.165, 1.54) is 26.5 Å². The molecule has 0 unspecified atom stereocenters. The highest BCUT2D eigenvalue weighted by molar-refractivity contribution is 9.10. The molecule has 5 fully saturated rings. The van der Waals surface area contributed by atoms with Gasteiger partial charge in [0.25, 0.3) is 5.91 Å². The summed E-state index contributed by atoms with van der Waals surface area (Å²) in [5, 5.41) is 61.8. The van der Waals surface area contributed by atoms with Crippen LogP contribution >= 0.6 is 27.7 Å². The number of aliphatic hydroxyl groups is 2. The van der Waals surface area contributed by atoms with Crippen LogP contribution in [0.2, 0.25) is 0 Å². The molecule has 2 aromatic rings. The molecule has 2 saturated carbocycles. The molecular weight excluding hydrogens is 1660 g/mol. The Balaban J connectivity index is 0.753. The molecule has 5 aliphatic heterocycles. The smallest absolute Gasteiger partial charge is 0.326 e. The zero-order chi connectivity index (χ0) is 87.6. The van der Waals surface area contributed by atoms with Crippen LogP contribution in [0.5, 0.6) is 0 Å². The number of thioether (sulfide) groups is 1. The Morgan fingerprint density at radius 2 is 1.05 bits per heavy atom. The maximum Gasteiger partial charge on any atom is 0.326 e. The molecule has 662 valence electrons. The number of β-amino-alcohol motifs (C(OH)–C–C–N with tert-alkyl or cyclic N) is 1. The number of carbonyl (C=O) groups is 17. The van der Waals surface area contributed by atoms with Crippen molar-refractivity contribution in [2.24, 2.45) is 39.8 Å². The highest BCUT2D eigenvalue weighted by Crippen LogP contribution is 2.49. The fourth-order valence-corrected chi connectivity index (χ4v) is 18.2. The van der Waals surface area contributed by atoms with Gasteiger partial charge in [-0.25, -0.2) is 4.79 Å². The predicted molar refractivity (Wildman–Crippen MR) is 439 cm³/mol. The second-order valence-corrected chi connectivity index (χ2v) is 33.2. The van der Waals surface area contributed by atoms with E-state index in [9.17, 15) is 96.8 Å². The van der Waals surface area contributed by atoms with Crippen LogP contribution in [0.25, 0.3) is 0 Å². The topological polar surface area (TPSA) is 625 Å². The van der Waals surface area contributed by atoms with E-state index in [0.717, 1.165) is 28.9 Å². The molecule has 0 radical (unpaired) electrons. The van der Waals surface area contributed by atoms with Crippen LogP contribution in [0.3, 0.4) is 0 Å². The Hall–Kier alpha value is -10.6. The minimum absolute atomic E-state index is 0.000178. The Morgan fingerprint density at radius 1 is 0.529 bits per heavy atom. The third-order valence-corrected chi connectivity index (χ3v) is 24.4. The number of rotatable bonds is 43. The number of guanidine groups is 1. The Labute approximate surface area is 711 Å². The van der Waals surface area contributed by atoms with Gasteiger partial charge in [-0.1, -0.05) is 71.9 Å². The molecule has 12 atom stereocenters. The number of hydrogen-bond donors (Lipinski definition) is 19. The molecule has 0 aromatic heterocycles. The average molecular weight is 1780 g/mol. The quantitative estimate of drug-likeness (QED) is 0.0167. The summed E-state index contributed by atoms with van der Waals surface area (Å²) in [6, 6.07) is -0.450. The third-order valence-electron chi connectivity index (χ3n) is 22.6. The fourth-order valence-electron chi connectivity index (χ4n) is 16.3. The van der Waals surface area contributed by atoms with E-state index < -0.39 is 213 Å². The van der Waals surface area contributed by atoms with Gasteiger partial charge in [0.2, 0.25) is 88.6 Å². The lowest BCUT2D eigenvalue weighted by atomic mass is 9.91. The number of aliphatic hydroxyl groups excluding tert-OH is 2. The first-order valence-electron chi connectivity index (χ1n) is 41.1.